The Kier molecular flexibility index (Phi) is 8.14. The van der Waals surface area contributed by atoms with Crippen molar-refractivity contribution < 1.29 is 28.6 Å². The lowest BCUT2D eigenvalue weighted by Gasteiger charge is -2.26. The first-order valence-corrected chi connectivity index (χ1v) is 12.5. The fourth-order valence-electron chi connectivity index (χ4n) is 5.14. The maximum absolute atomic E-state index is 13.4. The lowest BCUT2D eigenvalue weighted by atomic mass is 10.0. The van der Waals surface area contributed by atoms with Crippen LogP contribution in [-0.2, 0) is 32.0 Å². The Morgan fingerprint density at radius 1 is 1.05 bits per heavy atom. The zero-order valence-corrected chi connectivity index (χ0v) is 21.9. The monoisotopic (exact) mass is 509 g/mol. The predicted molar refractivity (Wildman–Crippen MR) is 138 cm³/mol. The SMILES string of the molecule is COC(=O)[C@@H]1CC(OC)(OC)CN1C(=O)NCc1ccc(C(=O)N2CCCCc3ccccc32)cc1C. The van der Waals surface area contributed by atoms with Crippen LogP contribution in [0.4, 0.5) is 10.5 Å². The molecule has 2 aliphatic heterocycles. The topological polar surface area (TPSA) is 97.4 Å². The number of ether oxygens (including phenoxy) is 3. The van der Waals surface area contributed by atoms with Gasteiger partial charge in [0.15, 0.2) is 5.79 Å². The summed E-state index contributed by atoms with van der Waals surface area (Å²) >= 11 is 0. The molecule has 9 nitrogen and oxygen atoms in total. The van der Waals surface area contributed by atoms with Crippen LogP contribution in [-0.4, -0.2) is 69.1 Å². The zero-order valence-electron chi connectivity index (χ0n) is 21.9. The zero-order chi connectivity index (χ0) is 26.6. The largest absolute Gasteiger partial charge is 0.467 e. The van der Waals surface area contributed by atoms with Gasteiger partial charge < -0.3 is 29.3 Å². The Morgan fingerprint density at radius 3 is 2.51 bits per heavy atom. The summed E-state index contributed by atoms with van der Waals surface area (Å²) in [5, 5.41) is 2.88. The number of hydrogen-bond acceptors (Lipinski definition) is 6. The molecule has 2 heterocycles. The number of hydrogen-bond donors (Lipinski definition) is 1. The van der Waals surface area contributed by atoms with Crippen molar-refractivity contribution in [2.75, 3.05) is 39.3 Å². The van der Waals surface area contributed by atoms with Gasteiger partial charge in [-0.1, -0.05) is 24.3 Å². The van der Waals surface area contributed by atoms with Crippen LogP contribution in [0.2, 0.25) is 0 Å². The van der Waals surface area contributed by atoms with Gasteiger partial charge in [-0.3, -0.25) is 4.79 Å². The number of nitrogens with zero attached hydrogens (tertiary/aromatic N) is 2. The van der Waals surface area contributed by atoms with Gasteiger partial charge in [-0.2, -0.15) is 0 Å². The summed E-state index contributed by atoms with van der Waals surface area (Å²) in [5.74, 6) is -1.62. The third-order valence-electron chi connectivity index (χ3n) is 7.39. The Morgan fingerprint density at radius 2 is 1.81 bits per heavy atom. The van der Waals surface area contributed by atoms with Gasteiger partial charge in [0, 0.05) is 45.0 Å². The van der Waals surface area contributed by atoms with E-state index in [9.17, 15) is 14.4 Å². The molecule has 9 heteroatoms. The average molecular weight is 510 g/mol. The van der Waals surface area contributed by atoms with Crippen LogP contribution in [0.1, 0.15) is 46.3 Å². The number of carbonyl (C=O) groups is 3. The number of esters is 1. The molecule has 0 bridgehead atoms. The molecule has 2 aliphatic rings. The molecule has 3 amide bonds. The molecule has 198 valence electrons. The number of likely N-dealkylation sites (tertiary alicyclic amines) is 1. The second-order valence-corrected chi connectivity index (χ2v) is 9.53. The first-order chi connectivity index (χ1) is 17.8. The van der Waals surface area contributed by atoms with E-state index in [-0.39, 0.29) is 25.4 Å². The van der Waals surface area contributed by atoms with Crippen molar-refractivity contribution in [3.63, 3.8) is 0 Å². The number of fused-ring (bicyclic) bond motifs is 1. The van der Waals surface area contributed by atoms with E-state index >= 15 is 0 Å². The summed E-state index contributed by atoms with van der Waals surface area (Å²) in [6, 6.07) is 12.4. The molecule has 37 heavy (non-hydrogen) atoms. The summed E-state index contributed by atoms with van der Waals surface area (Å²) in [7, 11) is 4.25. The van der Waals surface area contributed by atoms with Gasteiger partial charge in [0.2, 0.25) is 0 Å². The molecule has 4 rings (SSSR count). The van der Waals surface area contributed by atoms with E-state index in [1.54, 1.807) is 6.07 Å². The second kappa shape index (κ2) is 11.3. The number of urea groups is 1. The van der Waals surface area contributed by atoms with Crippen LogP contribution in [0.3, 0.4) is 0 Å². The number of nitrogens with one attached hydrogen (secondary N) is 1. The van der Waals surface area contributed by atoms with Gasteiger partial charge in [-0.25, -0.2) is 9.59 Å². The molecule has 1 atom stereocenters. The van der Waals surface area contributed by atoms with Crippen molar-refractivity contribution in [1.82, 2.24) is 10.2 Å². The number of benzene rings is 2. The molecule has 0 aliphatic carbocycles. The highest BCUT2D eigenvalue weighted by molar-refractivity contribution is 6.06. The Hall–Kier alpha value is -3.43. The first kappa shape index (κ1) is 26.6. The number of methoxy groups -OCH3 is 3. The molecule has 1 fully saturated rings. The number of rotatable bonds is 6. The van der Waals surface area contributed by atoms with Crippen molar-refractivity contribution in [3.8, 4) is 0 Å². The maximum Gasteiger partial charge on any atom is 0.328 e. The number of anilines is 1. The molecule has 2 aromatic carbocycles. The number of amides is 3. The van der Waals surface area contributed by atoms with E-state index in [2.05, 4.69) is 11.4 Å². The van der Waals surface area contributed by atoms with E-state index in [0.29, 0.717) is 12.1 Å². The van der Waals surface area contributed by atoms with Crippen molar-refractivity contribution in [1.29, 1.82) is 0 Å². The fourth-order valence-corrected chi connectivity index (χ4v) is 5.14. The van der Waals surface area contributed by atoms with Gasteiger partial charge in [-0.05, 0) is 61.1 Å². The van der Waals surface area contributed by atoms with Gasteiger partial charge in [0.1, 0.15) is 6.04 Å². The van der Waals surface area contributed by atoms with Gasteiger partial charge >= 0.3 is 12.0 Å². The molecule has 0 radical (unpaired) electrons. The standard InChI is InChI=1S/C28H35N3O6/c1-19-15-21(25(32)30-14-8-7-10-20-9-5-6-11-23(20)30)12-13-22(19)17-29-27(34)31-18-28(36-3,37-4)16-24(31)26(33)35-2/h5-6,9,11-13,15,24H,7-8,10,14,16-18H2,1-4H3,(H,29,34)/t24-/m0/s1. The molecule has 1 N–H and O–H groups in total. The summed E-state index contributed by atoms with van der Waals surface area (Å²) in [6.07, 6.45) is 3.17. The smallest absolute Gasteiger partial charge is 0.328 e. The van der Waals surface area contributed by atoms with Gasteiger partial charge in [-0.15, -0.1) is 0 Å². The van der Waals surface area contributed by atoms with E-state index in [1.165, 1.54) is 31.8 Å². The molecular formula is C28H35N3O6. The van der Waals surface area contributed by atoms with E-state index in [4.69, 9.17) is 14.2 Å². The Bertz CT molecular complexity index is 1160. The van der Waals surface area contributed by atoms with Crippen molar-refractivity contribution in [2.24, 2.45) is 0 Å². The van der Waals surface area contributed by atoms with Crippen LogP contribution in [0.5, 0.6) is 0 Å². The lowest BCUT2D eigenvalue weighted by molar-refractivity contribution is -0.195. The Labute approximate surface area is 217 Å². The van der Waals surface area contributed by atoms with Crippen LogP contribution in [0, 0.1) is 6.92 Å². The molecule has 2 aromatic rings. The fraction of sp³-hybridized carbons (Fsp3) is 0.464. The average Bonchev–Trinajstić information content (AvgIpc) is 3.19. The second-order valence-electron chi connectivity index (χ2n) is 9.53. The number of para-hydroxylation sites is 1. The van der Waals surface area contributed by atoms with Crippen LogP contribution in [0.25, 0.3) is 0 Å². The highest BCUT2D eigenvalue weighted by Crippen LogP contribution is 2.32. The molecule has 0 aromatic heterocycles. The van der Waals surface area contributed by atoms with E-state index in [0.717, 1.165) is 36.1 Å². The van der Waals surface area contributed by atoms with Crippen LogP contribution in [0.15, 0.2) is 42.5 Å². The van der Waals surface area contributed by atoms with Crippen LogP contribution >= 0.6 is 0 Å². The number of carbonyl (C=O) groups excluding carboxylic acids is 3. The maximum atomic E-state index is 13.4. The summed E-state index contributed by atoms with van der Waals surface area (Å²) < 4.78 is 15.8. The normalized spacial score (nSPS) is 18.6. The molecule has 1 saturated heterocycles. The summed E-state index contributed by atoms with van der Waals surface area (Å²) in [5.41, 5.74) is 4.55. The van der Waals surface area contributed by atoms with Crippen molar-refractivity contribution >= 4 is 23.6 Å². The highest BCUT2D eigenvalue weighted by atomic mass is 16.7. The third-order valence-corrected chi connectivity index (χ3v) is 7.39. The Balaban J connectivity index is 1.45. The minimum absolute atomic E-state index is 0.0264. The van der Waals surface area contributed by atoms with Crippen molar-refractivity contribution in [2.45, 2.75) is 51.0 Å². The third kappa shape index (κ3) is 5.47. The minimum Gasteiger partial charge on any atom is -0.467 e. The van der Waals surface area contributed by atoms with Gasteiger partial charge in [0.05, 0.1) is 13.7 Å². The highest BCUT2D eigenvalue weighted by Gasteiger charge is 2.50. The molecular weight excluding hydrogens is 474 g/mol. The van der Waals surface area contributed by atoms with Crippen LogP contribution < -0.4 is 10.2 Å². The van der Waals surface area contributed by atoms with Gasteiger partial charge in [0.25, 0.3) is 5.91 Å². The summed E-state index contributed by atoms with van der Waals surface area (Å²) in [6.45, 7) is 2.94. The molecule has 0 spiro atoms. The molecule has 0 unspecified atom stereocenters. The van der Waals surface area contributed by atoms with E-state index < -0.39 is 23.8 Å². The molecule has 0 saturated carbocycles. The minimum atomic E-state index is -1.07. The van der Waals surface area contributed by atoms with E-state index in [1.807, 2.05) is 42.2 Å². The lowest BCUT2D eigenvalue weighted by Crippen LogP contribution is -2.47. The quantitative estimate of drug-likeness (QED) is 0.473. The predicted octanol–water partition coefficient (Wildman–Crippen LogP) is 3.42. The first-order valence-electron chi connectivity index (χ1n) is 12.5. The summed E-state index contributed by atoms with van der Waals surface area (Å²) in [4.78, 5) is 42.1. The number of aryl methyl sites for hydroxylation is 2. The van der Waals surface area contributed by atoms with Crippen molar-refractivity contribution in [3.05, 3.63) is 64.7 Å².